The smallest absolute Gasteiger partial charge is 0.262 e. The molecule has 22 heavy (non-hydrogen) atoms. The van der Waals surface area contributed by atoms with Gasteiger partial charge >= 0.3 is 0 Å². The first-order chi connectivity index (χ1) is 10.6. The van der Waals surface area contributed by atoms with Gasteiger partial charge in [-0.1, -0.05) is 42.5 Å². The summed E-state index contributed by atoms with van der Waals surface area (Å²) in [6, 6.07) is 16.3. The summed E-state index contributed by atoms with van der Waals surface area (Å²) in [6.45, 7) is 0. The van der Waals surface area contributed by atoms with Gasteiger partial charge in [-0.3, -0.25) is 4.18 Å². The van der Waals surface area contributed by atoms with E-state index in [-0.39, 0.29) is 28.2 Å². The second-order valence-electron chi connectivity index (χ2n) is 5.84. The Hall–Kier alpha value is -1.36. The van der Waals surface area contributed by atoms with Crippen molar-refractivity contribution in [1.82, 2.24) is 0 Å². The number of halogens is 1. The van der Waals surface area contributed by atoms with Gasteiger partial charge in [0.2, 0.25) is 0 Å². The Bertz CT molecular complexity index is 804. The summed E-state index contributed by atoms with van der Waals surface area (Å²) in [4.78, 5) is 0.192. The van der Waals surface area contributed by atoms with E-state index in [0.717, 1.165) is 5.56 Å². The van der Waals surface area contributed by atoms with Gasteiger partial charge in [-0.25, -0.2) is 0 Å². The van der Waals surface area contributed by atoms with Gasteiger partial charge in [-0.15, -0.1) is 11.6 Å². The minimum Gasteiger partial charge on any atom is -0.262 e. The monoisotopic (exact) mass is 334 g/mol. The zero-order valence-electron chi connectivity index (χ0n) is 11.7. The van der Waals surface area contributed by atoms with Gasteiger partial charge in [0, 0.05) is 17.2 Å². The fourth-order valence-corrected chi connectivity index (χ4v) is 5.37. The van der Waals surface area contributed by atoms with Crippen molar-refractivity contribution in [1.29, 1.82) is 0 Å². The first-order valence-corrected chi connectivity index (χ1v) is 9.13. The molecule has 5 heteroatoms. The molecule has 1 fully saturated rings. The molecular weight excluding hydrogens is 320 g/mol. The average Bonchev–Trinajstić information content (AvgIpc) is 2.98. The standard InChI is InChI=1S/C17H15ClO3S/c18-17-14-10-15(16(17)13-9-5-4-8-12(13)14)21-22(19,20)11-6-2-1-3-7-11/h1-9,14-17H,10H2/t14-,15-,16-,17+/m0/s1. The van der Waals surface area contributed by atoms with E-state index in [4.69, 9.17) is 15.8 Å². The molecule has 114 valence electrons. The maximum absolute atomic E-state index is 12.4. The number of benzene rings is 2. The molecule has 0 spiro atoms. The van der Waals surface area contributed by atoms with E-state index in [0.29, 0.717) is 6.42 Å². The lowest BCUT2D eigenvalue weighted by atomic mass is 9.90. The Morgan fingerprint density at radius 2 is 1.59 bits per heavy atom. The highest BCUT2D eigenvalue weighted by Crippen LogP contribution is 2.56. The van der Waals surface area contributed by atoms with Gasteiger partial charge < -0.3 is 0 Å². The van der Waals surface area contributed by atoms with E-state index in [9.17, 15) is 8.42 Å². The van der Waals surface area contributed by atoms with Crippen molar-refractivity contribution < 1.29 is 12.6 Å². The highest BCUT2D eigenvalue weighted by atomic mass is 35.5. The second-order valence-corrected chi connectivity index (χ2v) is 7.92. The van der Waals surface area contributed by atoms with E-state index in [2.05, 4.69) is 6.07 Å². The molecule has 0 radical (unpaired) electrons. The van der Waals surface area contributed by atoms with Crippen molar-refractivity contribution in [3.8, 4) is 0 Å². The maximum atomic E-state index is 12.4. The van der Waals surface area contributed by atoms with Crippen molar-refractivity contribution in [3.63, 3.8) is 0 Å². The van der Waals surface area contributed by atoms with E-state index >= 15 is 0 Å². The summed E-state index contributed by atoms with van der Waals surface area (Å²) in [6.07, 6.45) is 0.273. The fourth-order valence-electron chi connectivity index (χ4n) is 3.71. The van der Waals surface area contributed by atoms with Gasteiger partial charge in [0.1, 0.15) is 0 Å². The van der Waals surface area contributed by atoms with Crippen LogP contribution in [-0.2, 0) is 14.3 Å². The van der Waals surface area contributed by atoms with Crippen LogP contribution in [0.3, 0.4) is 0 Å². The average molecular weight is 335 g/mol. The predicted octanol–water partition coefficient (Wildman–Crippen LogP) is 3.65. The van der Waals surface area contributed by atoms with Gasteiger partial charge in [-0.05, 0) is 29.7 Å². The molecule has 0 amide bonds. The van der Waals surface area contributed by atoms with Crippen LogP contribution in [0.4, 0.5) is 0 Å². The number of fused-ring (bicyclic) bond motifs is 5. The van der Waals surface area contributed by atoms with Gasteiger partial charge in [0.25, 0.3) is 10.1 Å². The molecular formula is C17H15ClO3S. The van der Waals surface area contributed by atoms with E-state index in [1.165, 1.54) is 5.56 Å². The molecule has 4 atom stereocenters. The molecule has 2 aliphatic rings. The third-order valence-electron chi connectivity index (χ3n) is 4.65. The van der Waals surface area contributed by atoms with E-state index in [1.54, 1.807) is 30.3 Å². The van der Waals surface area contributed by atoms with Gasteiger partial charge in [0.15, 0.2) is 0 Å². The summed E-state index contributed by atoms with van der Waals surface area (Å²) in [7, 11) is -3.75. The highest BCUT2D eigenvalue weighted by molar-refractivity contribution is 7.86. The SMILES string of the molecule is O=S(=O)(O[C@H]1C[C@H]2c3ccccc3[C@@H]1[C@@H]2Cl)c1ccccc1. The quantitative estimate of drug-likeness (QED) is 0.635. The molecule has 4 rings (SSSR count). The van der Waals surface area contributed by atoms with Crippen LogP contribution in [0, 0.1) is 0 Å². The molecule has 0 N–H and O–H groups in total. The van der Waals surface area contributed by atoms with Crippen LogP contribution in [0.2, 0.25) is 0 Å². The summed E-state index contributed by atoms with van der Waals surface area (Å²) >= 11 is 6.54. The number of hydrogen-bond donors (Lipinski definition) is 0. The Morgan fingerprint density at radius 3 is 2.32 bits per heavy atom. The molecule has 1 saturated carbocycles. The molecule has 2 bridgehead atoms. The normalized spacial score (nSPS) is 29.5. The van der Waals surface area contributed by atoms with Crippen LogP contribution < -0.4 is 0 Å². The minimum absolute atomic E-state index is 0.0543. The first kappa shape index (κ1) is 14.2. The predicted molar refractivity (Wildman–Crippen MR) is 84.7 cm³/mol. The summed E-state index contributed by atoms with van der Waals surface area (Å²) < 4.78 is 30.4. The zero-order chi connectivity index (χ0) is 15.3. The molecule has 0 heterocycles. The highest BCUT2D eigenvalue weighted by Gasteiger charge is 2.52. The Labute approximate surface area is 135 Å². The van der Waals surface area contributed by atoms with Gasteiger partial charge in [-0.2, -0.15) is 8.42 Å². The molecule has 0 aromatic heterocycles. The Balaban J connectivity index is 1.65. The lowest BCUT2D eigenvalue weighted by Gasteiger charge is -2.24. The van der Waals surface area contributed by atoms with Crippen molar-refractivity contribution >= 4 is 21.7 Å². The van der Waals surface area contributed by atoms with Crippen LogP contribution in [0.25, 0.3) is 0 Å². The number of rotatable bonds is 3. The second kappa shape index (κ2) is 5.08. The topological polar surface area (TPSA) is 43.4 Å². The number of hydrogen-bond acceptors (Lipinski definition) is 3. The fraction of sp³-hybridized carbons (Fsp3) is 0.294. The first-order valence-electron chi connectivity index (χ1n) is 7.29. The van der Waals surface area contributed by atoms with Crippen LogP contribution in [0.1, 0.15) is 29.4 Å². The molecule has 2 aromatic carbocycles. The third kappa shape index (κ3) is 2.09. The van der Waals surface area contributed by atoms with Crippen molar-refractivity contribution in [2.24, 2.45) is 0 Å². The Morgan fingerprint density at radius 1 is 0.955 bits per heavy atom. The third-order valence-corrected chi connectivity index (χ3v) is 6.58. The summed E-state index contributed by atoms with van der Waals surface area (Å²) in [5.41, 5.74) is 2.37. The molecule has 3 nitrogen and oxygen atoms in total. The lowest BCUT2D eigenvalue weighted by Crippen LogP contribution is -2.24. The van der Waals surface area contributed by atoms with Crippen molar-refractivity contribution in [2.75, 3.05) is 0 Å². The molecule has 2 aliphatic carbocycles. The Kier molecular flexibility index (Phi) is 3.29. The molecule has 0 saturated heterocycles. The van der Waals surface area contributed by atoms with E-state index < -0.39 is 10.1 Å². The zero-order valence-corrected chi connectivity index (χ0v) is 13.3. The van der Waals surface area contributed by atoms with Crippen LogP contribution >= 0.6 is 11.6 Å². The molecule has 0 unspecified atom stereocenters. The maximum Gasteiger partial charge on any atom is 0.297 e. The van der Waals surface area contributed by atoms with Gasteiger partial charge in [0.05, 0.1) is 11.0 Å². The van der Waals surface area contributed by atoms with Crippen LogP contribution in [0.5, 0.6) is 0 Å². The number of alkyl halides is 1. The van der Waals surface area contributed by atoms with Crippen molar-refractivity contribution in [2.45, 2.75) is 34.6 Å². The largest absolute Gasteiger partial charge is 0.297 e. The van der Waals surface area contributed by atoms with Crippen LogP contribution in [-0.4, -0.2) is 19.9 Å². The lowest BCUT2D eigenvalue weighted by molar-refractivity contribution is 0.192. The summed E-state index contributed by atoms with van der Waals surface area (Å²) in [5.74, 6) is 0.125. The minimum atomic E-state index is -3.75. The van der Waals surface area contributed by atoms with Crippen LogP contribution in [0.15, 0.2) is 59.5 Å². The summed E-state index contributed by atoms with van der Waals surface area (Å²) in [5, 5.41) is -0.0895. The molecule has 0 aliphatic heterocycles. The van der Waals surface area contributed by atoms with E-state index in [1.807, 2.05) is 18.2 Å². The van der Waals surface area contributed by atoms with Crippen molar-refractivity contribution in [3.05, 3.63) is 65.7 Å². The molecule has 2 aromatic rings.